The van der Waals surface area contributed by atoms with Gasteiger partial charge in [0, 0.05) is 60.9 Å². The van der Waals surface area contributed by atoms with E-state index >= 15 is 0 Å². The van der Waals surface area contributed by atoms with E-state index in [0.29, 0.717) is 49.3 Å². The van der Waals surface area contributed by atoms with Crippen LogP contribution in [-0.4, -0.2) is 139 Å². The first kappa shape index (κ1) is 58.4. The number of piperazine rings is 1. The zero-order valence-corrected chi connectivity index (χ0v) is 37.9. The first-order valence-electron chi connectivity index (χ1n) is 19.7. The molecule has 0 atom stereocenters. The molecule has 2 aliphatic rings. The molecule has 0 spiro atoms. The molecule has 1 amide bonds. The molecular formula is C39H47Cl2F9N6O10S. The molecule has 28 heteroatoms. The predicted molar refractivity (Wildman–Crippen MR) is 224 cm³/mol. The van der Waals surface area contributed by atoms with E-state index in [2.05, 4.69) is 19.9 Å². The van der Waals surface area contributed by atoms with Crippen molar-refractivity contribution in [1.82, 2.24) is 24.8 Å². The standard InChI is InChI=1S/C33H44Cl2N6O4S.3C2HF3O2/c1-23-21-24(2)38-31-25(23)7-5-8-28(31)45-22-26-27(34)9-10-29(30(26)35)46(43,44)39-33(11-3-4-12-33)32(42)41-19-17-40(18-20-41)16-15-37-14-6-13-36;3*3-2(4,5)1(6)7/h5,7-10,21,37,39H,3-4,6,11-20,22,36H2,1-2H3;3*(H,6,7). The number of hydrogen-bond acceptors (Lipinski definition) is 11. The quantitative estimate of drug-likeness (QED) is 0.0813. The number of carbonyl (C=O) groups is 4. The van der Waals surface area contributed by atoms with Crippen molar-refractivity contribution in [3.63, 3.8) is 0 Å². The summed E-state index contributed by atoms with van der Waals surface area (Å²) in [5.41, 5.74) is 7.33. The van der Waals surface area contributed by atoms with E-state index in [1.54, 1.807) is 4.90 Å². The maximum Gasteiger partial charge on any atom is 0.490 e. The van der Waals surface area contributed by atoms with Gasteiger partial charge < -0.3 is 36.0 Å². The number of benzene rings is 2. The Labute approximate surface area is 387 Å². The zero-order chi connectivity index (χ0) is 51.1. The number of alkyl halides is 9. The normalized spacial score (nSPS) is 15.3. The van der Waals surface area contributed by atoms with Crippen molar-refractivity contribution in [2.45, 2.75) is 81.5 Å². The van der Waals surface area contributed by atoms with Gasteiger partial charge in [-0.05, 0) is 76.0 Å². The number of hydrogen-bond donors (Lipinski definition) is 6. The lowest BCUT2D eigenvalue weighted by Gasteiger charge is -2.40. The topological polar surface area (TPSA) is 242 Å². The predicted octanol–water partition coefficient (Wildman–Crippen LogP) is 6.31. The SMILES string of the molecule is Cc1cc(C)c2cccc(OCc3c(Cl)ccc(S(=O)(=O)NC4(C(=O)N5CCN(CCNCCCN)CC5)CCCC4)c3Cl)c2n1.O=C(O)C(F)(F)F.O=C(O)C(F)(F)F.O=C(O)C(F)(F)F. The molecule has 376 valence electrons. The Balaban J connectivity index is 0.000000608. The van der Waals surface area contributed by atoms with Crippen LogP contribution < -0.4 is 20.5 Å². The Bertz CT molecular complexity index is 2240. The summed E-state index contributed by atoms with van der Waals surface area (Å²) in [5, 5.41) is 26.0. The van der Waals surface area contributed by atoms with Crippen molar-refractivity contribution < 1.29 is 87.2 Å². The first-order chi connectivity index (χ1) is 30.9. The second kappa shape index (κ2) is 25.0. The number of rotatable bonds is 13. The van der Waals surface area contributed by atoms with Gasteiger partial charge in [0.15, 0.2) is 0 Å². The van der Waals surface area contributed by atoms with Crippen LogP contribution in [0, 0.1) is 13.8 Å². The highest BCUT2D eigenvalue weighted by Gasteiger charge is 2.47. The molecule has 1 saturated heterocycles. The Hall–Kier alpha value is -4.73. The third-order valence-corrected chi connectivity index (χ3v) is 12.2. The number of pyridine rings is 1. The molecule has 3 aromatic rings. The second-order valence-electron chi connectivity index (χ2n) is 14.7. The fourth-order valence-electron chi connectivity index (χ4n) is 6.45. The number of nitrogens with zero attached hydrogens (tertiary/aromatic N) is 3. The van der Waals surface area contributed by atoms with Gasteiger partial charge in [0.2, 0.25) is 15.9 Å². The molecule has 1 saturated carbocycles. The van der Waals surface area contributed by atoms with Crippen LogP contribution >= 0.6 is 23.2 Å². The van der Waals surface area contributed by atoms with Crippen molar-refractivity contribution in [1.29, 1.82) is 0 Å². The highest BCUT2D eigenvalue weighted by atomic mass is 35.5. The number of halogens is 11. The number of aliphatic carboxylic acids is 3. The molecule has 5 rings (SSSR count). The van der Waals surface area contributed by atoms with Crippen LogP contribution in [0.1, 0.15) is 48.9 Å². The van der Waals surface area contributed by atoms with E-state index in [4.69, 9.17) is 63.4 Å². The van der Waals surface area contributed by atoms with Crippen LogP contribution in [0.2, 0.25) is 10.0 Å². The summed E-state index contributed by atoms with van der Waals surface area (Å²) in [5.74, 6) is -7.90. The summed E-state index contributed by atoms with van der Waals surface area (Å²) in [6.07, 6.45) is -11.9. The van der Waals surface area contributed by atoms with Crippen LogP contribution in [0.4, 0.5) is 39.5 Å². The minimum atomic E-state index is -5.08. The van der Waals surface area contributed by atoms with E-state index in [9.17, 15) is 52.7 Å². The van der Waals surface area contributed by atoms with E-state index in [0.717, 1.165) is 68.6 Å². The molecular weight excluding hydrogens is 986 g/mol. The minimum absolute atomic E-state index is 0.0326. The molecule has 0 radical (unpaired) electrons. The maximum atomic E-state index is 14.0. The average molecular weight is 1030 g/mol. The van der Waals surface area contributed by atoms with Crippen molar-refractivity contribution in [2.75, 3.05) is 52.4 Å². The molecule has 2 heterocycles. The summed E-state index contributed by atoms with van der Waals surface area (Å²) < 4.78 is 132. The van der Waals surface area contributed by atoms with E-state index in [-0.39, 0.29) is 27.5 Å². The number of carboxylic acids is 3. The summed E-state index contributed by atoms with van der Waals surface area (Å²) in [6.45, 7) is 9.78. The molecule has 1 aliphatic carbocycles. The molecule has 16 nitrogen and oxygen atoms in total. The van der Waals surface area contributed by atoms with Crippen LogP contribution in [0.3, 0.4) is 0 Å². The van der Waals surface area contributed by atoms with Gasteiger partial charge in [0.1, 0.15) is 28.3 Å². The zero-order valence-electron chi connectivity index (χ0n) is 35.5. The maximum absolute atomic E-state index is 14.0. The fraction of sp³-hybridized carbons (Fsp3) is 0.513. The molecule has 0 bridgehead atoms. The van der Waals surface area contributed by atoms with Gasteiger partial charge in [-0.1, -0.05) is 48.2 Å². The number of nitrogens with one attached hydrogen (secondary N) is 2. The average Bonchev–Trinajstić information content (AvgIpc) is 3.69. The number of ether oxygens (including phenoxy) is 1. The van der Waals surface area contributed by atoms with Crippen molar-refractivity contribution >= 4 is 67.9 Å². The molecule has 67 heavy (non-hydrogen) atoms. The summed E-state index contributed by atoms with van der Waals surface area (Å²) >= 11 is 13.3. The second-order valence-corrected chi connectivity index (χ2v) is 17.1. The van der Waals surface area contributed by atoms with E-state index in [1.165, 1.54) is 12.1 Å². The van der Waals surface area contributed by atoms with Gasteiger partial charge in [0.05, 0.1) is 5.02 Å². The van der Waals surface area contributed by atoms with Crippen molar-refractivity contribution in [3.05, 3.63) is 63.3 Å². The number of amides is 1. The number of carboxylic acid groups (broad SMARTS) is 3. The fourth-order valence-corrected chi connectivity index (χ4v) is 8.76. The third kappa shape index (κ3) is 18.0. The van der Waals surface area contributed by atoms with Crippen molar-refractivity contribution in [2.24, 2.45) is 5.73 Å². The molecule has 1 aliphatic heterocycles. The van der Waals surface area contributed by atoms with Gasteiger partial charge >= 0.3 is 36.4 Å². The highest BCUT2D eigenvalue weighted by molar-refractivity contribution is 7.89. The molecule has 2 aromatic carbocycles. The number of nitrogens with two attached hydrogens (primary N) is 1. The van der Waals surface area contributed by atoms with Crippen molar-refractivity contribution in [3.8, 4) is 5.75 Å². The highest BCUT2D eigenvalue weighted by Crippen LogP contribution is 2.37. The van der Waals surface area contributed by atoms with Gasteiger partial charge in [-0.3, -0.25) is 9.69 Å². The largest absolute Gasteiger partial charge is 0.490 e. The number of para-hydroxylation sites is 1. The third-order valence-electron chi connectivity index (χ3n) is 9.70. The number of aryl methyl sites for hydroxylation is 2. The minimum Gasteiger partial charge on any atom is -0.487 e. The van der Waals surface area contributed by atoms with Crippen LogP contribution in [0.15, 0.2) is 41.3 Å². The Morgan fingerprint density at radius 3 is 1.85 bits per heavy atom. The van der Waals surface area contributed by atoms with Crippen LogP contribution in [-0.2, 0) is 35.8 Å². The molecule has 1 aromatic heterocycles. The molecule has 7 N–H and O–H groups in total. The van der Waals surface area contributed by atoms with Gasteiger partial charge in [-0.15, -0.1) is 0 Å². The Morgan fingerprint density at radius 2 is 1.36 bits per heavy atom. The van der Waals surface area contributed by atoms with Crippen LogP contribution in [0.5, 0.6) is 5.75 Å². The molecule has 0 unspecified atom stereocenters. The Morgan fingerprint density at radius 1 is 0.836 bits per heavy atom. The number of fused-ring (bicyclic) bond motifs is 1. The lowest BCUT2D eigenvalue weighted by molar-refractivity contribution is -0.193. The number of aromatic nitrogens is 1. The van der Waals surface area contributed by atoms with Crippen LogP contribution in [0.25, 0.3) is 10.9 Å². The number of carbonyl (C=O) groups excluding carboxylic acids is 1. The van der Waals surface area contributed by atoms with E-state index in [1.807, 2.05) is 38.1 Å². The smallest absolute Gasteiger partial charge is 0.487 e. The summed E-state index contributed by atoms with van der Waals surface area (Å²) in [4.78, 5) is 49.3. The van der Waals surface area contributed by atoms with Gasteiger partial charge in [-0.2, -0.15) is 44.2 Å². The lowest BCUT2D eigenvalue weighted by Crippen LogP contribution is -2.61. The monoisotopic (exact) mass is 1030 g/mol. The van der Waals surface area contributed by atoms with Gasteiger partial charge in [0.25, 0.3) is 0 Å². The Kier molecular flexibility index (Phi) is 21.8. The van der Waals surface area contributed by atoms with E-state index < -0.39 is 52.0 Å². The number of sulfonamides is 1. The summed E-state index contributed by atoms with van der Waals surface area (Å²) in [6, 6.07) is 10.6. The van der Waals surface area contributed by atoms with Gasteiger partial charge in [-0.25, -0.2) is 27.8 Å². The lowest BCUT2D eigenvalue weighted by atomic mass is 9.96. The molecule has 2 fully saturated rings. The first-order valence-corrected chi connectivity index (χ1v) is 21.9. The summed E-state index contributed by atoms with van der Waals surface area (Å²) in [7, 11) is -4.20.